The number of hydrogen-bond donors (Lipinski definition) is 1. The first kappa shape index (κ1) is 17.6. The van der Waals surface area contributed by atoms with E-state index >= 15 is 0 Å². The van der Waals surface area contributed by atoms with E-state index < -0.39 is 29.6 Å². The lowest BCUT2D eigenvalue weighted by Gasteiger charge is -2.36. The van der Waals surface area contributed by atoms with Crippen LogP contribution in [0.15, 0.2) is 12.7 Å². The van der Waals surface area contributed by atoms with Gasteiger partial charge in [0.25, 0.3) is 0 Å². The van der Waals surface area contributed by atoms with Crippen molar-refractivity contribution in [2.75, 3.05) is 6.61 Å². The Bertz CT molecular complexity index is 553. The van der Waals surface area contributed by atoms with Crippen LogP contribution in [0.2, 0.25) is 0 Å². The molecule has 5 atom stereocenters. The molecule has 1 N–H and O–H groups in total. The summed E-state index contributed by atoms with van der Waals surface area (Å²) in [4.78, 5) is 0. The minimum absolute atomic E-state index is 0.253. The minimum Gasteiger partial charge on any atom is -0.360 e. The molecule has 2 aliphatic carbocycles. The van der Waals surface area contributed by atoms with E-state index in [-0.39, 0.29) is 12.2 Å². The largest absolute Gasteiger partial charge is 0.360 e. The quantitative estimate of drug-likeness (QED) is 0.758. The van der Waals surface area contributed by atoms with Gasteiger partial charge in [-0.15, -0.1) is 0 Å². The second-order valence-corrected chi connectivity index (χ2v) is 8.57. The van der Waals surface area contributed by atoms with Crippen LogP contribution in [0.4, 0.5) is 0 Å². The van der Waals surface area contributed by atoms with Gasteiger partial charge >= 0.3 is 0 Å². The van der Waals surface area contributed by atoms with Gasteiger partial charge in [-0.2, -0.15) is 0 Å². The van der Waals surface area contributed by atoms with Gasteiger partial charge in [0.05, 0.1) is 6.61 Å². The van der Waals surface area contributed by atoms with Gasteiger partial charge in [0.2, 0.25) is 5.79 Å². The van der Waals surface area contributed by atoms with Crippen molar-refractivity contribution in [2.24, 2.45) is 0 Å². The topological polar surface area (TPSA) is 66.4 Å². The van der Waals surface area contributed by atoms with Gasteiger partial charge in [0.1, 0.15) is 24.4 Å². The van der Waals surface area contributed by atoms with Gasteiger partial charge in [-0.25, -0.2) is 0 Å². The molecule has 0 bridgehead atoms. The monoisotopic (exact) mass is 366 g/mol. The lowest BCUT2D eigenvalue weighted by molar-refractivity contribution is -0.283. The number of aliphatic hydroxyl groups is 1. The highest BCUT2D eigenvalue weighted by molar-refractivity contribution is 5.12. The first-order chi connectivity index (χ1) is 12.6. The zero-order valence-corrected chi connectivity index (χ0v) is 15.4. The lowest BCUT2D eigenvalue weighted by Crippen LogP contribution is -2.44. The van der Waals surface area contributed by atoms with E-state index in [1.165, 1.54) is 18.9 Å². The van der Waals surface area contributed by atoms with Crippen LogP contribution >= 0.6 is 0 Å². The highest BCUT2D eigenvalue weighted by atomic mass is 16.8. The lowest BCUT2D eigenvalue weighted by atomic mass is 9.94. The molecular weight excluding hydrogens is 336 g/mol. The number of ether oxygens (including phenoxy) is 5. The second-order valence-electron chi connectivity index (χ2n) is 8.57. The first-order valence-electron chi connectivity index (χ1n) is 10.3. The summed E-state index contributed by atoms with van der Waals surface area (Å²) >= 11 is 0. The average molecular weight is 366 g/mol. The second kappa shape index (κ2) is 6.26. The van der Waals surface area contributed by atoms with Crippen LogP contribution in [0, 0.1) is 0 Å². The Hall–Kier alpha value is -0.500. The average Bonchev–Trinajstić information content (AvgIpc) is 3.30. The standard InChI is InChI=1S/C20H30O6/c1-2-20(21)17-16(24-19(26-17)11-7-4-8-12-19)15(25-20)14-13-22-18(23-14)9-5-3-6-10-18/h2,14-17,21H,1,3-13H2/t14-,15+,16-,17-,20?/m1/s1. The SMILES string of the molecule is C=CC1(O)O[C@@H]([C@H]2COC3(CCCCC3)O2)[C@H]2OC3(CCCCC3)O[C@H]21. The van der Waals surface area contributed by atoms with E-state index in [1.54, 1.807) is 0 Å². The van der Waals surface area contributed by atoms with Gasteiger partial charge in [0, 0.05) is 25.7 Å². The summed E-state index contributed by atoms with van der Waals surface area (Å²) in [6.45, 7) is 4.24. The van der Waals surface area contributed by atoms with Crippen LogP contribution in [0.3, 0.4) is 0 Å². The molecule has 0 aromatic carbocycles. The smallest absolute Gasteiger partial charge is 0.215 e. The van der Waals surface area contributed by atoms with Crippen LogP contribution in [0.25, 0.3) is 0 Å². The molecule has 5 rings (SSSR count). The third kappa shape index (κ3) is 2.69. The third-order valence-corrected chi connectivity index (χ3v) is 6.81. The molecule has 2 saturated carbocycles. The maximum atomic E-state index is 11.0. The molecular formula is C20H30O6. The van der Waals surface area contributed by atoms with E-state index in [0.29, 0.717) is 6.61 Å². The number of fused-ring (bicyclic) bond motifs is 1. The van der Waals surface area contributed by atoms with Crippen molar-refractivity contribution in [3.05, 3.63) is 12.7 Å². The summed E-state index contributed by atoms with van der Waals surface area (Å²) in [6, 6.07) is 0. The van der Waals surface area contributed by atoms with Gasteiger partial charge < -0.3 is 28.8 Å². The van der Waals surface area contributed by atoms with Crippen LogP contribution < -0.4 is 0 Å². The van der Waals surface area contributed by atoms with E-state index in [1.807, 2.05) is 0 Å². The van der Waals surface area contributed by atoms with E-state index in [2.05, 4.69) is 6.58 Å². The summed E-state index contributed by atoms with van der Waals surface area (Å²) in [5.74, 6) is -2.60. The Morgan fingerprint density at radius 2 is 1.42 bits per heavy atom. The summed E-state index contributed by atoms with van der Waals surface area (Å²) in [6.07, 6.45) is 10.3. The fourth-order valence-corrected chi connectivity index (χ4v) is 5.42. The minimum atomic E-state index is -1.54. The van der Waals surface area contributed by atoms with E-state index in [4.69, 9.17) is 23.7 Å². The fraction of sp³-hybridized carbons (Fsp3) is 0.900. The molecule has 2 spiro atoms. The Morgan fingerprint density at radius 1 is 0.769 bits per heavy atom. The molecule has 3 aliphatic heterocycles. The van der Waals surface area contributed by atoms with Gasteiger partial charge in [-0.1, -0.05) is 19.4 Å². The van der Waals surface area contributed by atoms with Gasteiger partial charge in [-0.05, 0) is 31.8 Å². The van der Waals surface area contributed by atoms with Crippen LogP contribution in [-0.2, 0) is 23.7 Å². The van der Waals surface area contributed by atoms with Crippen molar-refractivity contribution in [3.8, 4) is 0 Å². The molecule has 3 saturated heterocycles. The Morgan fingerprint density at radius 3 is 2.08 bits per heavy atom. The van der Waals surface area contributed by atoms with Gasteiger partial charge in [0.15, 0.2) is 11.6 Å². The van der Waals surface area contributed by atoms with Gasteiger partial charge in [-0.3, -0.25) is 0 Å². The summed E-state index contributed by atoms with van der Waals surface area (Å²) < 4.78 is 31.2. The first-order valence-corrected chi connectivity index (χ1v) is 10.3. The Labute approximate surface area is 154 Å². The molecule has 146 valence electrons. The van der Waals surface area contributed by atoms with Crippen molar-refractivity contribution in [1.82, 2.24) is 0 Å². The van der Waals surface area contributed by atoms with Crippen molar-refractivity contribution in [1.29, 1.82) is 0 Å². The van der Waals surface area contributed by atoms with Crippen molar-refractivity contribution in [2.45, 2.75) is 106 Å². The molecule has 0 aromatic heterocycles. The molecule has 0 amide bonds. The molecule has 6 heteroatoms. The van der Waals surface area contributed by atoms with Crippen LogP contribution in [0.1, 0.15) is 64.2 Å². The zero-order chi connectivity index (χ0) is 17.8. The molecule has 5 aliphatic rings. The molecule has 5 fully saturated rings. The molecule has 6 nitrogen and oxygen atoms in total. The van der Waals surface area contributed by atoms with Crippen LogP contribution in [-0.4, -0.2) is 53.5 Å². The van der Waals surface area contributed by atoms with E-state index in [0.717, 1.165) is 51.4 Å². The molecule has 3 heterocycles. The highest BCUT2D eigenvalue weighted by Gasteiger charge is 2.66. The number of hydrogen-bond acceptors (Lipinski definition) is 6. The van der Waals surface area contributed by atoms with Crippen molar-refractivity contribution < 1.29 is 28.8 Å². The molecule has 0 radical (unpaired) electrons. The Balaban J connectivity index is 1.37. The highest BCUT2D eigenvalue weighted by Crippen LogP contribution is 2.51. The predicted molar refractivity (Wildman–Crippen MR) is 92.2 cm³/mol. The molecule has 0 aromatic rings. The normalized spacial score (nSPS) is 46.7. The molecule has 26 heavy (non-hydrogen) atoms. The fourth-order valence-electron chi connectivity index (χ4n) is 5.42. The number of rotatable bonds is 2. The van der Waals surface area contributed by atoms with Crippen molar-refractivity contribution >= 4 is 0 Å². The summed E-state index contributed by atoms with van der Waals surface area (Å²) in [5, 5.41) is 11.0. The summed E-state index contributed by atoms with van der Waals surface area (Å²) in [5.41, 5.74) is 0. The summed E-state index contributed by atoms with van der Waals surface area (Å²) in [7, 11) is 0. The molecule has 1 unspecified atom stereocenters. The third-order valence-electron chi connectivity index (χ3n) is 6.81. The Kier molecular flexibility index (Phi) is 4.23. The van der Waals surface area contributed by atoms with Crippen molar-refractivity contribution in [3.63, 3.8) is 0 Å². The predicted octanol–water partition coefficient (Wildman–Crippen LogP) is 2.78. The van der Waals surface area contributed by atoms with E-state index in [9.17, 15) is 5.11 Å². The maximum Gasteiger partial charge on any atom is 0.215 e. The maximum absolute atomic E-state index is 11.0. The zero-order valence-electron chi connectivity index (χ0n) is 15.4. The van der Waals surface area contributed by atoms with Crippen LogP contribution in [0.5, 0.6) is 0 Å².